The van der Waals surface area contributed by atoms with E-state index in [1.807, 2.05) is 31.2 Å². The molecule has 3 rings (SSSR count). The zero-order chi connectivity index (χ0) is 18.4. The molecule has 0 saturated carbocycles. The molecule has 2 aromatic rings. The number of likely N-dealkylation sites (tertiary alicyclic amines) is 1. The molecule has 0 spiro atoms. The molecule has 1 fully saturated rings. The molecule has 0 bridgehead atoms. The van der Waals surface area contributed by atoms with E-state index in [-0.39, 0.29) is 12.5 Å². The van der Waals surface area contributed by atoms with Gasteiger partial charge in [0.05, 0.1) is 12.2 Å². The Bertz CT molecular complexity index is 716. The third-order valence-electron chi connectivity index (χ3n) is 4.83. The number of nitrogens with one attached hydrogen (secondary N) is 1. The summed E-state index contributed by atoms with van der Waals surface area (Å²) in [6.45, 7) is 3.93. The van der Waals surface area contributed by atoms with Gasteiger partial charge in [-0.2, -0.15) is 0 Å². The summed E-state index contributed by atoms with van der Waals surface area (Å²) in [5, 5.41) is 17.8. The first-order valence-electron chi connectivity index (χ1n) is 9.25. The van der Waals surface area contributed by atoms with Crippen molar-refractivity contribution in [1.82, 2.24) is 15.4 Å². The van der Waals surface area contributed by atoms with Crippen LogP contribution in [0.4, 0.5) is 0 Å². The minimum Gasteiger partial charge on any atom is -0.379 e. The Morgan fingerprint density at radius 3 is 2.88 bits per heavy atom. The fraction of sp³-hybridized carbons (Fsp3) is 0.500. The van der Waals surface area contributed by atoms with Gasteiger partial charge in [-0.15, -0.1) is 0 Å². The molecule has 1 aromatic heterocycles. The third kappa shape index (κ3) is 4.71. The molecule has 140 valence electrons. The van der Waals surface area contributed by atoms with Crippen LogP contribution in [0.3, 0.4) is 0 Å². The molecule has 0 aliphatic carbocycles. The number of piperidine rings is 1. The molecule has 2 heterocycles. The van der Waals surface area contributed by atoms with E-state index < -0.39 is 5.60 Å². The molecular weight excluding hydrogens is 330 g/mol. The number of aromatic nitrogens is 1. The number of hydrogen-bond acceptors (Lipinski definition) is 5. The van der Waals surface area contributed by atoms with Gasteiger partial charge in [0, 0.05) is 25.7 Å². The first-order chi connectivity index (χ1) is 12.6. The maximum atomic E-state index is 12.7. The summed E-state index contributed by atoms with van der Waals surface area (Å²) in [6.07, 6.45) is 3.14. The molecule has 1 aliphatic heterocycles. The number of carbonyl (C=O) groups excluding carboxylic acids is 1. The van der Waals surface area contributed by atoms with Crippen LogP contribution in [0.15, 0.2) is 40.9 Å². The van der Waals surface area contributed by atoms with Crippen molar-refractivity contribution in [3.63, 3.8) is 0 Å². The highest BCUT2D eigenvalue weighted by molar-refractivity contribution is 5.86. The van der Waals surface area contributed by atoms with E-state index in [2.05, 4.69) is 22.6 Å². The van der Waals surface area contributed by atoms with Gasteiger partial charge in [0.15, 0.2) is 11.4 Å². The molecule has 6 nitrogen and oxygen atoms in total. The van der Waals surface area contributed by atoms with Crippen LogP contribution in [0.2, 0.25) is 0 Å². The van der Waals surface area contributed by atoms with Crippen molar-refractivity contribution in [3.05, 3.63) is 53.4 Å². The third-order valence-corrected chi connectivity index (χ3v) is 4.83. The number of rotatable bonds is 8. The van der Waals surface area contributed by atoms with Crippen LogP contribution >= 0.6 is 0 Å². The summed E-state index contributed by atoms with van der Waals surface area (Å²) in [5.41, 5.74) is 0.759. The number of nitrogens with zero attached hydrogens (tertiary/aromatic N) is 2. The maximum Gasteiger partial charge on any atom is 0.255 e. The van der Waals surface area contributed by atoms with Gasteiger partial charge in [-0.3, -0.25) is 4.79 Å². The number of carbonyl (C=O) groups is 1. The normalized spacial score (nSPS) is 20.5. The molecule has 1 aliphatic rings. The minimum absolute atomic E-state index is 0.168. The van der Waals surface area contributed by atoms with Crippen LogP contribution in [0, 0.1) is 6.92 Å². The number of aryl methyl sites for hydroxylation is 2. The van der Waals surface area contributed by atoms with Crippen LogP contribution in [-0.2, 0) is 17.8 Å². The van der Waals surface area contributed by atoms with E-state index in [1.165, 1.54) is 5.56 Å². The van der Waals surface area contributed by atoms with Crippen molar-refractivity contribution in [2.75, 3.05) is 19.6 Å². The Morgan fingerprint density at radius 1 is 1.35 bits per heavy atom. The second-order valence-corrected chi connectivity index (χ2v) is 7.05. The Labute approximate surface area is 154 Å². The summed E-state index contributed by atoms with van der Waals surface area (Å²) in [5.74, 6) is 0.534. The van der Waals surface area contributed by atoms with Crippen molar-refractivity contribution in [2.45, 2.75) is 44.8 Å². The van der Waals surface area contributed by atoms with Crippen LogP contribution in [0.1, 0.15) is 36.3 Å². The Morgan fingerprint density at radius 2 is 2.15 bits per heavy atom. The minimum atomic E-state index is -1.33. The molecule has 2 N–H and O–H groups in total. The Hall–Kier alpha value is -2.18. The van der Waals surface area contributed by atoms with Crippen LogP contribution < -0.4 is 5.32 Å². The average Bonchev–Trinajstić information content (AvgIpc) is 3.05. The van der Waals surface area contributed by atoms with E-state index in [0.29, 0.717) is 25.3 Å². The number of aliphatic hydroxyl groups is 1. The molecule has 26 heavy (non-hydrogen) atoms. The summed E-state index contributed by atoms with van der Waals surface area (Å²) >= 11 is 0. The standard InChI is InChI=1S/C20H27N3O3/c1-16-13-18(26-22-16)14-21-15-20(25)10-6-12-23(19(20)24)11-5-9-17-7-3-2-4-8-17/h2-4,7-8,13,21,25H,5-6,9-12,14-15H2,1H3/t20-/m0/s1. The fourth-order valence-electron chi connectivity index (χ4n) is 3.45. The van der Waals surface area contributed by atoms with Crippen molar-refractivity contribution >= 4 is 5.91 Å². The molecule has 0 radical (unpaired) electrons. The summed E-state index contributed by atoms with van der Waals surface area (Å²) in [4.78, 5) is 14.5. The molecule has 1 saturated heterocycles. The predicted octanol–water partition coefficient (Wildman–Crippen LogP) is 2.06. The highest BCUT2D eigenvalue weighted by Crippen LogP contribution is 2.23. The van der Waals surface area contributed by atoms with E-state index in [1.54, 1.807) is 4.90 Å². The van der Waals surface area contributed by atoms with Gasteiger partial charge in [-0.05, 0) is 38.2 Å². The lowest BCUT2D eigenvalue weighted by molar-refractivity contribution is -0.156. The van der Waals surface area contributed by atoms with Crippen LogP contribution in [-0.4, -0.2) is 46.3 Å². The second kappa shape index (κ2) is 8.47. The van der Waals surface area contributed by atoms with Crippen molar-refractivity contribution in [3.8, 4) is 0 Å². The molecule has 6 heteroatoms. The summed E-state index contributed by atoms with van der Waals surface area (Å²) < 4.78 is 5.14. The van der Waals surface area contributed by atoms with Crippen molar-refractivity contribution in [2.24, 2.45) is 0 Å². The predicted molar refractivity (Wildman–Crippen MR) is 98.5 cm³/mol. The highest BCUT2D eigenvalue weighted by Gasteiger charge is 2.41. The topological polar surface area (TPSA) is 78.6 Å². The lowest BCUT2D eigenvalue weighted by atomic mass is 9.91. The van der Waals surface area contributed by atoms with E-state index in [9.17, 15) is 9.90 Å². The van der Waals surface area contributed by atoms with Gasteiger partial charge < -0.3 is 19.8 Å². The van der Waals surface area contributed by atoms with E-state index >= 15 is 0 Å². The quantitative estimate of drug-likeness (QED) is 0.756. The van der Waals surface area contributed by atoms with Gasteiger partial charge in [-0.25, -0.2) is 0 Å². The Kier molecular flexibility index (Phi) is 6.06. The molecule has 1 atom stereocenters. The first-order valence-corrected chi connectivity index (χ1v) is 9.25. The van der Waals surface area contributed by atoms with Gasteiger partial charge in [0.2, 0.25) is 0 Å². The first kappa shape index (κ1) is 18.6. The van der Waals surface area contributed by atoms with Crippen LogP contribution in [0.5, 0.6) is 0 Å². The number of benzene rings is 1. The average molecular weight is 357 g/mol. The Balaban J connectivity index is 1.47. The SMILES string of the molecule is Cc1cc(CNC[C@@]2(O)CCCN(CCCc3ccccc3)C2=O)on1. The largest absolute Gasteiger partial charge is 0.379 e. The van der Waals surface area contributed by atoms with Gasteiger partial charge in [0.1, 0.15) is 0 Å². The number of hydrogen-bond donors (Lipinski definition) is 2. The zero-order valence-electron chi connectivity index (χ0n) is 15.3. The van der Waals surface area contributed by atoms with E-state index in [0.717, 1.165) is 31.5 Å². The summed E-state index contributed by atoms with van der Waals surface area (Å²) in [7, 11) is 0. The lowest BCUT2D eigenvalue weighted by Crippen LogP contribution is -2.58. The lowest BCUT2D eigenvalue weighted by Gasteiger charge is -2.38. The second-order valence-electron chi connectivity index (χ2n) is 7.05. The monoisotopic (exact) mass is 357 g/mol. The highest BCUT2D eigenvalue weighted by atomic mass is 16.5. The maximum absolute atomic E-state index is 12.7. The van der Waals surface area contributed by atoms with Crippen molar-refractivity contribution in [1.29, 1.82) is 0 Å². The van der Waals surface area contributed by atoms with Crippen LogP contribution in [0.25, 0.3) is 0 Å². The fourth-order valence-corrected chi connectivity index (χ4v) is 3.45. The van der Waals surface area contributed by atoms with Gasteiger partial charge >= 0.3 is 0 Å². The molecule has 1 aromatic carbocycles. The summed E-state index contributed by atoms with van der Waals surface area (Å²) in [6, 6.07) is 12.1. The smallest absolute Gasteiger partial charge is 0.255 e. The number of amides is 1. The van der Waals surface area contributed by atoms with Gasteiger partial charge in [-0.1, -0.05) is 35.5 Å². The van der Waals surface area contributed by atoms with Crippen molar-refractivity contribution < 1.29 is 14.4 Å². The molecular formula is C20H27N3O3. The zero-order valence-corrected chi connectivity index (χ0v) is 15.3. The van der Waals surface area contributed by atoms with Gasteiger partial charge in [0.25, 0.3) is 5.91 Å². The van der Waals surface area contributed by atoms with E-state index in [4.69, 9.17) is 4.52 Å². The molecule has 1 amide bonds. The molecule has 0 unspecified atom stereocenters.